The molecule has 1 N–H and O–H groups in total. The van der Waals surface area contributed by atoms with E-state index in [-0.39, 0.29) is 5.82 Å². The molecule has 3 nitrogen and oxygen atoms in total. The van der Waals surface area contributed by atoms with Crippen molar-refractivity contribution >= 4 is 0 Å². The third kappa shape index (κ3) is 3.52. The normalized spacial score (nSPS) is 13.2. The Morgan fingerprint density at radius 2 is 1.81 bits per heavy atom. The largest absolute Gasteiger partial charge is 0.486 e. The zero-order valence-electron chi connectivity index (χ0n) is 11.8. The minimum Gasteiger partial charge on any atom is -0.486 e. The Balaban J connectivity index is 1.50. The van der Waals surface area contributed by atoms with Crippen molar-refractivity contribution in [2.45, 2.75) is 13.0 Å². The van der Waals surface area contributed by atoms with Gasteiger partial charge >= 0.3 is 0 Å². The smallest absolute Gasteiger partial charge is 0.161 e. The molecule has 2 aromatic rings. The van der Waals surface area contributed by atoms with Crippen molar-refractivity contribution in [3.05, 3.63) is 59.4 Å². The summed E-state index contributed by atoms with van der Waals surface area (Å²) in [5, 5.41) is 3.26. The van der Waals surface area contributed by atoms with Crippen LogP contribution in [0.1, 0.15) is 11.1 Å². The van der Waals surface area contributed by atoms with Gasteiger partial charge in [-0.25, -0.2) is 4.39 Å². The molecule has 4 heteroatoms. The maximum atomic E-state index is 13.5. The Labute approximate surface area is 123 Å². The maximum Gasteiger partial charge on any atom is 0.161 e. The van der Waals surface area contributed by atoms with Gasteiger partial charge < -0.3 is 14.8 Å². The minimum absolute atomic E-state index is 0.163. The summed E-state index contributed by atoms with van der Waals surface area (Å²) in [5.41, 5.74) is 1.87. The van der Waals surface area contributed by atoms with Crippen LogP contribution in [0.2, 0.25) is 0 Å². The molecule has 0 bridgehead atoms. The van der Waals surface area contributed by atoms with Crippen molar-refractivity contribution in [3.63, 3.8) is 0 Å². The van der Waals surface area contributed by atoms with Gasteiger partial charge in [-0.1, -0.05) is 24.3 Å². The summed E-state index contributed by atoms with van der Waals surface area (Å²) in [6, 6.07) is 12.8. The van der Waals surface area contributed by atoms with E-state index in [1.54, 1.807) is 12.1 Å². The molecule has 3 rings (SSSR count). The van der Waals surface area contributed by atoms with Crippen LogP contribution in [0, 0.1) is 5.82 Å². The van der Waals surface area contributed by atoms with E-state index in [9.17, 15) is 4.39 Å². The van der Waals surface area contributed by atoms with Crippen LogP contribution in [-0.4, -0.2) is 19.8 Å². The lowest BCUT2D eigenvalue weighted by Crippen LogP contribution is -2.18. The van der Waals surface area contributed by atoms with Crippen molar-refractivity contribution < 1.29 is 13.9 Å². The van der Waals surface area contributed by atoms with Gasteiger partial charge in [-0.15, -0.1) is 0 Å². The van der Waals surface area contributed by atoms with E-state index in [4.69, 9.17) is 9.47 Å². The molecule has 1 aliphatic rings. The monoisotopic (exact) mass is 287 g/mol. The number of ether oxygens (including phenoxy) is 2. The highest BCUT2D eigenvalue weighted by Crippen LogP contribution is 2.30. The zero-order valence-corrected chi connectivity index (χ0v) is 11.8. The average Bonchev–Trinajstić information content (AvgIpc) is 2.53. The summed E-state index contributed by atoms with van der Waals surface area (Å²) in [4.78, 5) is 0. The molecule has 2 aromatic carbocycles. The second-order valence-corrected chi connectivity index (χ2v) is 5.00. The summed E-state index contributed by atoms with van der Waals surface area (Å²) in [6.45, 7) is 2.53. The fraction of sp³-hybridized carbons (Fsp3) is 0.294. The molecule has 0 aromatic heterocycles. The average molecular weight is 287 g/mol. The van der Waals surface area contributed by atoms with Crippen molar-refractivity contribution in [1.29, 1.82) is 0 Å². The lowest BCUT2D eigenvalue weighted by Gasteiger charge is -2.18. The summed E-state index contributed by atoms with van der Waals surface area (Å²) in [6.07, 6.45) is 0.866. The van der Waals surface area contributed by atoms with E-state index in [1.807, 2.05) is 24.3 Å². The van der Waals surface area contributed by atoms with Crippen molar-refractivity contribution in [2.24, 2.45) is 0 Å². The quantitative estimate of drug-likeness (QED) is 0.858. The molecule has 0 atom stereocenters. The van der Waals surface area contributed by atoms with Crippen LogP contribution < -0.4 is 14.8 Å². The minimum atomic E-state index is -0.163. The maximum absolute atomic E-state index is 13.5. The second-order valence-electron chi connectivity index (χ2n) is 5.00. The number of halogens is 1. The molecule has 1 aliphatic heterocycles. The lowest BCUT2D eigenvalue weighted by atomic mass is 10.1. The molecule has 0 saturated carbocycles. The van der Waals surface area contributed by atoms with Gasteiger partial charge in [0.1, 0.15) is 19.0 Å². The van der Waals surface area contributed by atoms with Gasteiger partial charge in [-0.3, -0.25) is 0 Å². The first-order chi connectivity index (χ1) is 10.3. The molecule has 0 amide bonds. The summed E-state index contributed by atoms with van der Waals surface area (Å²) in [7, 11) is 0. The van der Waals surface area contributed by atoms with Gasteiger partial charge in [0.2, 0.25) is 0 Å². The number of benzene rings is 2. The number of hydrogen-bond acceptors (Lipinski definition) is 3. The highest BCUT2D eigenvalue weighted by atomic mass is 19.1. The highest BCUT2D eigenvalue weighted by molar-refractivity contribution is 5.43. The predicted octanol–water partition coefficient (Wildman–Crippen LogP) is 2.93. The Morgan fingerprint density at radius 1 is 1.00 bits per heavy atom. The Morgan fingerprint density at radius 3 is 2.67 bits per heavy atom. The van der Waals surface area contributed by atoms with Crippen molar-refractivity contribution in [3.8, 4) is 11.5 Å². The first-order valence-corrected chi connectivity index (χ1v) is 7.15. The summed E-state index contributed by atoms with van der Waals surface area (Å²) >= 11 is 0. The number of hydrogen-bond donors (Lipinski definition) is 1. The number of rotatable bonds is 5. The van der Waals surface area contributed by atoms with E-state index in [2.05, 4.69) is 5.32 Å². The van der Waals surface area contributed by atoms with E-state index >= 15 is 0 Å². The van der Waals surface area contributed by atoms with Gasteiger partial charge in [-0.05, 0) is 36.7 Å². The van der Waals surface area contributed by atoms with Crippen LogP contribution in [0.25, 0.3) is 0 Å². The summed E-state index contributed by atoms with van der Waals surface area (Å²) in [5.74, 6) is 1.46. The molecule has 0 saturated heterocycles. The van der Waals surface area contributed by atoms with E-state index in [0.29, 0.717) is 25.3 Å². The van der Waals surface area contributed by atoms with Crippen LogP contribution >= 0.6 is 0 Å². The zero-order chi connectivity index (χ0) is 14.5. The van der Waals surface area contributed by atoms with Gasteiger partial charge in [0.15, 0.2) is 11.5 Å². The van der Waals surface area contributed by atoms with Crippen LogP contribution in [0.3, 0.4) is 0 Å². The first-order valence-electron chi connectivity index (χ1n) is 7.15. The Bertz CT molecular complexity index is 615. The molecule has 21 heavy (non-hydrogen) atoms. The van der Waals surface area contributed by atoms with Crippen molar-refractivity contribution in [2.75, 3.05) is 19.8 Å². The highest BCUT2D eigenvalue weighted by Gasteiger charge is 2.11. The number of fused-ring (bicyclic) bond motifs is 1. The van der Waals surface area contributed by atoms with Gasteiger partial charge in [0, 0.05) is 12.1 Å². The predicted molar refractivity (Wildman–Crippen MR) is 79.2 cm³/mol. The van der Waals surface area contributed by atoms with Crippen LogP contribution in [0.4, 0.5) is 4.39 Å². The van der Waals surface area contributed by atoms with E-state index < -0.39 is 0 Å². The summed E-state index contributed by atoms with van der Waals surface area (Å²) < 4.78 is 24.5. The van der Waals surface area contributed by atoms with Crippen LogP contribution in [-0.2, 0) is 13.0 Å². The fourth-order valence-electron chi connectivity index (χ4n) is 2.34. The first kappa shape index (κ1) is 13.9. The molecule has 110 valence electrons. The molecule has 0 radical (unpaired) electrons. The third-order valence-electron chi connectivity index (χ3n) is 3.47. The van der Waals surface area contributed by atoms with Crippen molar-refractivity contribution in [1.82, 2.24) is 5.32 Å². The van der Waals surface area contributed by atoms with Gasteiger partial charge in [-0.2, -0.15) is 0 Å². The topological polar surface area (TPSA) is 30.5 Å². The van der Waals surface area contributed by atoms with Crippen LogP contribution in [0.5, 0.6) is 11.5 Å². The second kappa shape index (κ2) is 6.59. The molecule has 0 spiro atoms. The van der Waals surface area contributed by atoms with Gasteiger partial charge in [0.05, 0.1) is 0 Å². The molecule has 0 aliphatic carbocycles. The van der Waals surface area contributed by atoms with Gasteiger partial charge in [0.25, 0.3) is 0 Å². The van der Waals surface area contributed by atoms with Crippen LogP contribution in [0.15, 0.2) is 42.5 Å². The fourth-order valence-corrected chi connectivity index (χ4v) is 2.34. The SMILES string of the molecule is Fc1ccccc1CNCCc1ccc2c(c1)OCCO2. The standard InChI is InChI=1S/C17H18FNO2/c18-15-4-2-1-3-14(15)12-19-8-7-13-5-6-16-17(11-13)21-10-9-20-16/h1-6,11,19H,7-10,12H2. The molecule has 0 unspecified atom stereocenters. The molecular weight excluding hydrogens is 269 g/mol. The molecule has 0 fully saturated rings. The number of nitrogens with one attached hydrogen (secondary N) is 1. The Kier molecular flexibility index (Phi) is 4.36. The molecular formula is C17H18FNO2. The third-order valence-corrected chi connectivity index (χ3v) is 3.47. The Hall–Kier alpha value is -2.07. The lowest BCUT2D eigenvalue weighted by molar-refractivity contribution is 0.171. The molecule has 1 heterocycles. The van der Waals surface area contributed by atoms with E-state index in [0.717, 1.165) is 24.5 Å². The van der Waals surface area contributed by atoms with E-state index in [1.165, 1.54) is 11.6 Å².